The van der Waals surface area contributed by atoms with Crippen LogP contribution in [-0.2, 0) is 9.47 Å². The van der Waals surface area contributed by atoms with Crippen LogP contribution in [0.3, 0.4) is 0 Å². The van der Waals surface area contributed by atoms with E-state index in [4.69, 9.17) is 9.47 Å². The minimum Gasteiger partial charge on any atom is -0.446 e. The van der Waals surface area contributed by atoms with E-state index >= 15 is 0 Å². The van der Waals surface area contributed by atoms with Crippen molar-refractivity contribution in [1.82, 2.24) is 20.1 Å². The third kappa shape index (κ3) is 5.46. The van der Waals surface area contributed by atoms with Crippen LogP contribution in [0.15, 0.2) is 18.2 Å². The molecule has 3 fully saturated rings. The van der Waals surface area contributed by atoms with Gasteiger partial charge in [-0.05, 0) is 50.3 Å². The Morgan fingerprint density at radius 2 is 1.89 bits per heavy atom. The molecule has 0 bridgehead atoms. The van der Waals surface area contributed by atoms with Gasteiger partial charge in [0.2, 0.25) is 0 Å². The quantitative estimate of drug-likeness (QED) is 0.690. The van der Waals surface area contributed by atoms with Crippen LogP contribution >= 0.6 is 0 Å². The Bertz CT molecular complexity index is 1020. The van der Waals surface area contributed by atoms with E-state index in [0.717, 1.165) is 57.2 Å². The van der Waals surface area contributed by atoms with Crippen molar-refractivity contribution in [1.29, 1.82) is 0 Å². The number of ether oxygens (including phenoxy) is 2. The second-order valence-corrected chi connectivity index (χ2v) is 10.0. The standard InChI is InChI=1S/C26H35FN4O4/c1-17-5-6-22(27)21-16-23(29-24(17)21)25(32)28-18-3-2-4-19(15-18)30-9-11-31(12-10-30)26(33)35-20-7-13-34-14-8-20/h5-6,16,18-20,29H,2-4,7-15H2,1H3,(H,28,32)/t18-,19+/m1/s1. The molecule has 0 radical (unpaired) electrons. The largest absolute Gasteiger partial charge is 0.446 e. The molecule has 3 aliphatic rings. The molecule has 2 N–H and O–H groups in total. The molecule has 35 heavy (non-hydrogen) atoms. The van der Waals surface area contributed by atoms with E-state index in [9.17, 15) is 14.0 Å². The highest BCUT2D eigenvalue weighted by Gasteiger charge is 2.32. The van der Waals surface area contributed by atoms with Crippen LogP contribution in [0.2, 0.25) is 0 Å². The molecule has 5 rings (SSSR count). The predicted octanol–water partition coefficient (Wildman–Crippen LogP) is 3.59. The van der Waals surface area contributed by atoms with E-state index < -0.39 is 0 Å². The summed E-state index contributed by atoms with van der Waals surface area (Å²) in [7, 11) is 0. The Labute approximate surface area is 205 Å². The number of piperazine rings is 1. The summed E-state index contributed by atoms with van der Waals surface area (Å²) in [4.78, 5) is 32.8. The van der Waals surface area contributed by atoms with Gasteiger partial charge in [0, 0.05) is 56.5 Å². The van der Waals surface area contributed by atoms with E-state index in [1.165, 1.54) is 6.07 Å². The summed E-state index contributed by atoms with van der Waals surface area (Å²) in [6.07, 6.45) is 5.25. The molecule has 190 valence electrons. The summed E-state index contributed by atoms with van der Waals surface area (Å²) >= 11 is 0. The minimum atomic E-state index is -0.325. The molecule has 0 spiro atoms. The lowest BCUT2D eigenvalue weighted by atomic mass is 9.89. The molecular weight excluding hydrogens is 451 g/mol. The number of rotatable bonds is 4. The second-order valence-electron chi connectivity index (χ2n) is 10.0. The Hall–Kier alpha value is -2.65. The van der Waals surface area contributed by atoms with E-state index in [0.29, 0.717) is 48.9 Å². The molecule has 1 saturated carbocycles. The summed E-state index contributed by atoms with van der Waals surface area (Å²) in [5.41, 5.74) is 1.98. The van der Waals surface area contributed by atoms with Crippen molar-refractivity contribution in [3.63, 3.8) is 0 Å². The number of hydrogen-bond donors (Lipinski definition) is 2. The number of carbonyl (C=O) groups is 2. The fourth-order valence-corrected chi connectivity index (χ4v) is 5.62. The molecule has 0 unspecified atom stereocenters. The maximum atomic E-state index is 14.2. The Balaban J connectivity index is 1.12. The van der Waals surface area contributed by atoms with Crippen LogP contribution in [0, 0.1) is 12.7 Å². The molecule has 2 aromatic rings. The zero-order valence-electron chi connectivity index (χ0n) is 20.4. The molecule has 8 nitrogen and oxygen atoms in total. The fourth-order valence-electron chi connectivity index (χ4n) is 5.62. The van der Waals surface area contributed by atoms with Gasteiger partial charge < -0.3 is 24.7 Å². The van der Waals surface area contributed by atoms with Crippen molar-refractivity contribution in [2.75, 3.05) is 39.4 Å². The van der Waals surface area contributed by atoms with Crippen molar-refractivity contribution in [2.45, 2.75) is 63.6 Å². The van der Waals surface area contributed by atoms with Gasteiger partial charge in [0.15, 0.2) is 0 Å². The molecule has 2 atom stereocenters. The Morgan fingerprint density at radius 3 is 2.63 bits per heavy atom. The lowest BCUT2D eigenvalue weighted by Crippen LogP contribution is -2.54. The number of nitrogens with zero attached hydrogens (tertiary/aromatic N) is 2. The van der Waals surface area contributed by atoms with Crippen LogP contribution in [0.4, 0.5) is 9.18 Å². The van der Waals surface area contributed by atoms with Crippen LogP contribution in [0.1, 0.15) is 54.6 Å². The average molecular weight is 487 g/mol. The third-order valence-corrected chi connectivity index (χ3v) is 7.70. The normalized spacial score (nSPS) is 24.5. The monoisotopic (exact) mass is 486 g/mol. The Kier molecular flexibility index (Phi) is 7.24. The van der Waals surface area contributed by atoms with Crippen LogP contribution in [0.5, 0.6) is 0 Å². The molecular formula is C26H35FN4O4. The zero-order chi connectivity index (χ0) is 24.4. The predicted molar refractivity (Wildman–Crippen MR) is 130 cm³/mol. The van der Waals surface area contributed by atoms with Gasteiger partial charge in [0.25, 0.3) is 5.91 Å². The first kappa shape index (κ1) is 24.1. The number of benzene rings is 1. The third-order valence-electron chi connectivity index (χ3n) is 7.70. The lowest BCUT2D eigenvalue weighted by molar-refractivity contribution is -0.0171. The summed E-state index contributed by atoms with van der Waals surface area (Å²) < 4.78 is 25.2. The molecule has 1 aliphatic carbocycles. The average Bonchev–Trinajstić information content (AvgIpc) is 3.35. The molecule has 1 aromatic heterocycles. The maximum absolute atomic E-state index is 14.2. The number of aromatic nitrogens is 1. The van der Waals surface area contributed by atoms with Gasteiger partial charge in [-0.1, -0.05) is 6.07 Å². The number of nitrogens with one attached hydrogen (secondary N) is 2. The Morgan fingerprint density at radius 1 is 1.11 bits per heavy atom. The number of aromatic amines is 1. The highest BCUT2D eigenvalue weighted by molar-refractivity contribution is 5.99. The highest BCUT2D eigenvalue weighted by Crippen LogP contribution is 2.26. The van der Waals surface area contributed by atoms with Crippen molar-refractivity contribution >= 4 is 22.9 Å². The number of carbonyl (C=O) groups excluding carboxylic acids is 2. The van der Waals surface area contributed by atoms with Gasteiger partial charge in [-0.15, -0.1) is 0 Å². The van der Waals surface area contributed by atoms with Gasteiger partial charge in [0.05, 0.1) is 18.7 Å². The topological polar surface area (TPSA) is 86.9 Å². The van der Waals surface area contributed by atoms with E-state index in [-0.39, 0.29) is 30.0 Å². The molecule has 2 amide bonds. The number of aryl methyl sites for hydroxylation is 1. The molecule has 2 aliphatic heterocycles. The van der Waals surface area contributed by atoms with Crippen LogP contribution in [-0.4, -0.2) is 84.4 Å². The smallest absolute Gasteiger partial charge is 0.410 e. The van der Waals surface area contributed by atoms with E-state index in [1.54, 1.807) is 12.1 Å². The number of halogens is 1. The molecule has 9 heteroatoms. The number of amides is 2. The van der Waals surface area contributed by atoms with E-state index in [2.05, 4.69) is 15.2 Å². The molecule has 1 aromatic carbocycles. The minimum absolute atomic E-state index is 0.0327. The van der Waals surface area contributed by atoms with Gasteiger partial charge in [-0.25, -0.2) is 9.18 Å². The van der Waals surface area contributed by atoms with Gasteiger partial charge >= 0.3 is 6.09 Å². The first-order valence-corrected chi connectivity index (χ1v) is 12.8. The van der Waals surface area contributed by atoms with E-state index in [1.807, 2.05) is 11.8 Å². The van der Waals surface area contributed by atoms with Gasteiger partial charge in [-0.2, -0.15) is 0 Å². The van der Waals surface area contributed by atoms with Crippen molar-refractivity contribution < 1.29 is 23.5 Å². The van der Waals surface area contributed by atoms with Crippen LogP contribution < -0.4 is 5.32 Å². The second kappa shape index (κ2) is 10.5. The fraction of sp³-hybridized carbons (Fsp3) is 0.615. The number of hydrogen-bond acceptors (Lipinski definition) is 5. The SMILES string of the molecule is Cc1ccc(F)c2cc(C(=O)N[C@@H]3CCC[C@H](N4CCN(C(=O)OC5CCOCC5)CC4)C3)[nH]c12. The van der Waals surface area contributed by atoms with Crippen molar-refractivity contribution in [3.8, 4) is 0 Å². The number of H-pyrrole nitrogens is 1. The molecule has 3 heterocycles. The van der Waals surface area contributed by atoms with Gasteiger partial charge in [-0.3, -0.25) is 9.69 Å². The number of fused-ring (bicyclic) bond motifs is 1. The summed E-state index contributed by atoms with van der Waals surface area (Å²) in [6, 6.07) is 5.21. The first-order valence-electron chi connectivity index (χ1n) is 12.8. The lowest BCUT2D eigenvalue weighted by Gasteiger charge is -2.42. The van der Waals surface area contributed by atoms with Crippen molar-refractivity contribution in [3.05, 3.63) is 35.3 Å². The first-order chi connectivity index (χ1) is 17.0. The molecule has 2 saturated heterocycles. The maximum Gasteiger partial charge on any atom is 0.410 e. The van der Waals surface area contributed by atoms with Crippen LogP contribution in [0.25, 0.3) is 10.9 Å². The summed E-state index contributed by atoms with van der Waals surface area (Å²) in [6.45, 7) is 6.16. The summed E-state index contributed by atoms with van der Waals surface area (Å²) in [5.74, 6) is -0.513. The van der Waals surface area contributed by atoms with Crippen molar-refractivity contribution in [2.24, 2.45) is 0 Å². The zero-order valence-corrected chi connectivity index (χ0v) is 20.4. The highest BCUT2D eigenvalue weighted by atomic mass is 19.1. The van der Waals surface area contributed by atoms with Gasteiger partial charge in [0.1, 0.15) is 17.6 Å². The summed E-state index contributed by atoms with van der Waals surface area (Å²) in [5, 5.41) is 3.61.